The molecular weight excluding hydrogens is 343 g/mol. The summed E-state index contributed by atoms with van der Waals surface area (Å²) in [4.78, 5) is 0. The van der Waals surface area contributed by atoms with Crippen LogP contribution in [0, 0.1) is 12.7 Å². The molecule has 0 saturated carbocycles. The summed E-state index contributed by atoms with van der Waals surface area (Å²) in [7, 11) is 0. The molecule has 0 aliphatic heterocycles. The number of benzene rings is 2. The predicted octanol–water partition coefficient (Wildman–Crippen LogP) is 4.30. The van der Waals surface area contributed by atoms with Crippen molar-refractivity contribution in [3.8, 4) is 0 Å². The lowest BCUT2D eigenvalue weighted by Gasteiger charge is -2.19. The normalized spacial score (nSPS) is 12.4. The summed E-state index contributed by atoms with van der Waals surface area (Å²) >= 11 is 9.31. The van der Waals surface area contributed by atoms with Crippen LogP contribution in [0.1, 0.15) is 22.7 Å². The SMILES string of the molecule is Cc1cc(Cl)ccc1C(Cc1cc(Br)ccc1F)NN. The molecule has 2 aromatic rings. The molecule has 0 aliphatic rings. The van der Waals surface area contributed by atoms with E-state index in [-0.39, 0.29) is 11.9 Å². The number of halogens is 3. The molecule has 0 aromatic heterocycles. The third-order valence-corrected chi connectivity index (χ3v) is 3.97. The molecule has 0 heterocycles. The van der Waals surface area contributed by atoms with Crippen LogP contribution in [0.5, 0.6) is 0 Å². The number of nitrogens with two attached hydrogens (primary N) is 1. The third-order valence-electron chi connectivity index (χ3n) is 3.24. The highest BCUT2D eigenvalue weighted by Crippen LogP contribution is 2.26. The number of rotatable bonds is 4. The second-order valence-corrected chi connectivity index (χ2v) is 6.01. The van der Waals surface area contributed by atoms with Crippen molar-refractivity contribution in [1.29, 1.82) is 0 Å². The van der Waals surface area contributed by atoms with Gasteiger partial charge in [-0.25, -0.2) is 4.39 Å². The zero-order valence-corrected chi connectivity index (χ0v) is 13.3. The first-order valence-corrected chi connectivity index (χ1v) is 7.34. The maximum Gasteiger partial charge on any atom is 0.126 e. The van der Waals surface area contributed by atoms with Crippen LogP contribution in [0.25, 0.3) is 0 Å². The third kappa shape index (κ3) is 3.58. The summed E-state index contributed by atoms with van der Waals surface area (Å²) in [5.41, 5.74) is 5.39. The lowest BCUT2D eigenvalue weighted by molar-refractivity contribution is 0.527. The molecule has 0 saturated heterocycles. The van der Waals surface area contributed by atoms with Crippen molar-refractivity contribution in [2.24, 2.45) is 5.84 Å². The quantitative estimate of drug-likeness (QED) is 0.632. The molecule has 106 valence electrons. The van der Waals surface area contributed by atoms with E-state index in [1.54, 1.807) is 12.1 Å². The van der Waals surface area contributed by atoms with Gasteiger partial charge < -0.3 is 0 Å². The van der Waals surface area contributed by atoms with Crippen LogP contribution in [0.15, 0.2) is 40.9 Å². The zero-order valence-electron chi connectivity index (χ0n) is 11.0. The Morgan fingerprint density at radius 2 is 2.05 bits per heavy atom. The summed E-state index contributed by atoms with van der Waals surface area (Å²) in [6, 6.07) is 10.3. The van der Waals surface area contributed by atoms with E-state index in [0.29, 0.717) is 17.0 Å². The molecule has 1 atom stereocenters. The standard InChI is InChI=1S/C15H15BrClFN2/c1-9-6-12(17)3-4-13(9)15(20-19)8-10-7-11(16)2-5-14(10)18/h2-7,15,20H,8,19H2,1H3. The van der Waals surface area contributed by atoms with Gasteiger partial charge in [0.15, 0.2) is 0 Å². The van der Waals surface area contributed by atoms with Crippen LogP contribution in [0.2, 0.25) is 5.02 Å². The molecule has 2 rings (SSSR count). The minimum Gasteiger partial charge on any atom is -0.271 e. The highest BCUT2D eigenvalue weighted by molar-refractivity contribution is 9.10. The van der Waals surface area contributed by atoms with Crippen LogP contribution in [-0.2, 0) is 6.42 Å². The van der Waals surface area contributed by atoms with Gasteiger partial charge in [0.05, 0.1) is 6.04 Å². The fraction of sp³-hybridized carbons (Fsp3) is 0.200. The van der Waals surface area contributed by atoms with Gasteiger partial charge in [-0.05, 0) is 60.4 Å². The molecule has 20 heavy (non-hydrogen) atoms. The van der Waals surface area contributed by atoms with E-state index < -0.39 is 0 Å². The fourth-order valence-corrected chi connectivity index (χ4v) is 2.84. The second-order valence-electron chi connectivity index (χ2n) is 4.66. The minimum absolute atomic E-state index is 0.170. The van der Waals surface area contributed by atoms with Crippen molar-refractivity contribution in [2.75, 3.05) is 0 Å². The van der Waals surface area contributed by atoms with Gasteiger partial charge in [-0.2, -0.15) is 0 Å². The molecule has 3 N–H and O–H groups in total. The number of nitrogens with one attached hydrogen (secondary N) is 1. The molecule has 2 aromatic carbocycles. The van der Waals surface area contributed by atoms with Gasteiger partial charge in [-0.15, -0.1) is 0 Å². The summed E-state index contributed by atoms with van der Waals surface area (Å²) in [6.07, 6.45) is 0.463. The molecule has 0 amide bonds. The van der Waals surface area contributed by atoms with E-state index in [1.165, 1.54) is 6.07 Å². The van der Waals surface area contributed by atoms with Crippen molar-refractivity contribution >= 4 is 27.5 Å². The molecule has 0 fully saturated rings. The van der Waals surface area contributed by atoms with Crippen molar-refractivity contribution in [3.05, 3.63) is 68.4 Å². The Hall–Kier alpha value is -0.940. The van der Waals surface area contributed by atoms with Crippen molar-refractivity contribution in [2.45, 2.75) is 19.4 Å². The molecule has 0 aliphatic carbocycles. The molecule has 0 radical (unpaired) electrons. The Labute approximate surface area is 131 Å². The topological polar surface area (TPSA) is 38.0 Å². The minimum atomic E-state index is -0.236. The first-order valence-electron chi connectivity index (χ1n) is 6.17. The highest BCUT2D eigenvalue weighted by Gasteiger charge is 2.15. The van der Waals surface area contributed by atoms with Gasteiger partial charge in [-0.3, -0.25) is 11.3 Å². The summed E-state index contributed by atoms with van der Waals surface area (Å²) in [6.45, 7) is 1.96. The van der Waals surface area contributed by atoms with Gasteiger partial charge in [0.1, 0.15) is 5.82 Å². The van der Waals surface area contributed by atoms with Crippen molar-refractivity contribution in [3.63, 3.8) is 0 Å². The van der Waals surface area contributed by atoms with Crippen molar-refractivity contribution in [1.82, 2.24) is 5.43 Å². The molecule has 0 bridgehead atoms. The molecule has 2 nitrogen and oxygen atoms in total. The summed E-state index contributed by atoms with van der Waals surface area (Å²) in [5, 5.41) is 0.677. The second kappa shape index (κ2) is 6.68. The number of hydrogen-bond donors (Lipinski definition) is 2. The van der Waals surface area contributed by atoms with E-state index in [4.69, 9.17) is 17.4 Å². The van der Waals surface area contributed by atoms with E-state index in [0.717, 1.165) is 15.6 Å². The molecular formula is C15H15BrClFN2. The monoisotopic (exact) mass is 356 g/mol. The Bertz CT molecular complexity index is 619. The lowest BCUT2D eigenvalue weighted by Crippen LogP contribution is -2.30. The van der Waals surface area contributed by atoms with Crippen LogP contribution in [0.3, 0.4) is 0 Å². The van der Waals surface area contributed by atoms with Crippen molar-refractivity contribution < 1.29 is 4.39 Å². The van der Waals surface area contributed by atoms with E-state index in [2.05, 4.69) is 21.4 Å². The summed E-state index contributed by atoms with van der Waals surface area (Å²) in [5.74, 6) is 5.39. The lowest BCUT2D eigenvalue weighted by atomic mass is 9.95. The Morgan fingerprint density at radius 3 is 2.70 bits per heavy atom. The predicted molar refractivity (Wildman–Crippen MR) is 84.1 cm³/mol. The smallest absolute Gasteiger partial charge is 0.126 e. The maximum atomic E-state index is 13.8. The van der Waals surface area contributed by atoms with E-state index in [1.807, 2.05) is 25.1 Å². The van der Waals surface area contributed by atoms with Gasteiger partial charge in [-0.1, -0.05) is 33.6 Å². The first-order chi connectivity index (χ1) is 9.51. The van der Waals surface area contributed by atoms with Crippen LogP contribution in [-0.4, -0.2) is 0 Å². The van der Waals surface area contributed by atoms with Crippen LogP contribution >= 0.6 is 27.5 Å². The van der Waals surface area contributed by atoms with Crippen LogP contribution in [0.4, 0.5) is 4.39 Å². The number of hydrazine groups is 1. The Balaban J connectivity index is 2.31. The average Bonchev–Trinajstić information content (AvgIpc) is 2.40. The maximum absolute atomic E-state index is 13.8. The number of aryl methyl sites for hydroxylation is 1. The first kappa shape index (κ1) is 15.4. The van der Waals surface area contributed by atoms with E-state index in [9.17, 15) is 4.39 Å². The average molecular weight is 358 g/mol. The molecule has 1 unspecified atom stereocenters. The van der Waals surface area contributed by atoms with Gasteiger partial charge in [0, 0.05) is 9.50 Å². The van der Waals surface area contributed by atoms with Crippen LogP contribution < -0.4 is 11.3 Å². The van der Waals surface area contributed by atoms with E-state index >= 15 is 0 Å². The number of hydrogen-bond acceptors (Lipinski definition) is 2. The summed E-state index contributed by atoms with van der Waals surface area (Å²) < 4.78 is 14.7. The Kier molecular flexibility index (Phi) is 5.16. The van der Waals surface area contributed by atoms with Gasteiger partial charge in [0.2, 0.25) is 0 Å². The zero-order chi connectivity index (χ0) is 14.7. The largest absolute Gasteiger partial charge is 0.271 e. The fourth-order valence-electron chi connectivity index (χ4n) is 2.21. The molecule has 0 spiro atoms. The van der Waals surface area contributed by atoms with Gasteiger partial charge in [0.25, 0.3) is 0 Å². The molecule has 5 heteroatoms. The van der Waals surface area contributed by atoms with Gasteiger partial charge >= 0.3 is 0 Å². The Morgan fingerprint density at radius 1 is 1.30 bits per heavy atom. The highest BCUT2D eigenvalue weighted by atomic mass is 79.9.